The summed E-state index contributed by atoms with van der Waals surface area (Å²) in [5, 5.41) is 11.6. The van der Waals surface area contributed by atoms with Gasteiger partial charge >= 0.3 is 11.9 Å². The zero-order valence-electron chi connectivity index (χ0n) is 22.3. The minimum atomic E-state index is -1.58. The Kier molecular flexibility index (Phi) is 6.93. The summed E-state index contributed by atoms with van der Waals surface area (Å²) in [4.78, 5) is 61.3. The average molecular weight is 519 g/mol. The van der Waals surface area contributed by atoms with Gasteiger partial charge in [0, 0.05) is 18.8 Å². The first-order valence-corrected chi connectivity index (χ1v) is 13.2. The third kappa shape index (κ3) is 4.23. The van der Waals surface area contributed by atoms with Gasteiger partial charge in [0.05, 0.1) is 6.10 Å². The number of aliphatic hydroxyl groups is 1. The maximum Gasteiger partial charge on any atom is 0.350 e. The molecule has 0 amide bonds. The smallest absolute Gasteiger partial charge is 0.350 e. The second-order valence-electron chi connectivity index (χ2n) is 12.3. The van der Waals surface area contributed by atoms with Gasteiger partial charge in [-0.1, -0.05) is 19.4 Å². The van der Waals surface area contributed by atoms with Crippen LogP contribution in [0.25, 0.3) is 0 Å². The van der Waals surface area contributed by atoms with Gasteiger partial charge in [-0.3, -0.25) is 19.2 Å². The topological polar surface area (TPSA) is 133 Å². The summed E-state index contributed by atoms with van der Waals surface area (Å²) < 4.78 is 15.8. The number of fused-ring (bicyclic) bond motifs is 5. The number of allylic oxidation sites excluding steroid dienone is 1. The quantitative estimate of drug-likeness (QED) is 0.307. The Morgan fingerprint density at radius 2 is 1.86 bits per heavy atom. The molecule has 9 heteroatoms. The van der Waals surface area contributed by atoms with E-state index in [1.807, 2.05) is 6.92 Å². The molecule has 0 bridgehead atoms. The van der Waals surface area contributed by atoms with Gasteiger partial charge in [0.2, 0.25) is 11.4 Å². The molecule has 0 aliphatic heterocycles. The van der Waals surface area contributed by atoms with Crippen LogP contribution in [-0.4, -0.2) is 59.0 Å². The second kappa shape index (κ2) is 9.33. The van der Waals surface area contributed by atoms with Crippen LogP contribution < -0.4 is 0 Å². The summed E-state index contributed by atoms with van der Waals surface area (Å²) in [7, 11) is 0. The number of hydrogen-bond acceptors (Lipinski definition) is 9. The van der Waals surface area contributed by atoms with Crippen molar-refractivity contribution >= 4 is 30.0 Å². The van der Waals surface area contributed by atoms with Gasteiger partial charge in [-0.15, -0.1) is 0 Å². The van der Waals surface area contributed by atoms with E-state index in [0.717, 1.165) is 18.4 Å². The first kappa shape index (κ1) is 27.5. The number of esters is 2. The Balaban J connectivity index is 1.60. The first-order chi connectivity index (χ1) is 17.2. The number of ether oxygens (including phenoxy) is 3. The van der Waals surface area contributed by atoms with E-state index in [0.29, 0.717) is 19.3 Å². The fourth-order valence-corrected chi connectivity index (χ4v) is 8.30. The van der Waals surface area contributed by atoms with E-state index in [1.165, 1.54) is 20.8 Å². The van der Waals surface area contributed by atoms with Crippen LogP contribution in [0.15, 0.2) is 11.6 Å². The fourth-order valence-electron chi connectivity index (χ4n) is 8.30. The number of aliphatic hydroxyl groups excluding tert-OH is 1. The molecule has 9 nitrogen and oxygen atoms in total. The normalized spacial score (nSPS) is 38.9. The minimum Gasteiger partial charge on any atom is -0.455 e. The van der Waals surface area contributed by atoms with Crippen LogP contribution in [0.1, 0.15) is 79.6 Å². The lowest BCUT2D eigenvalue weighted by Crippen LogP contribution is -2.63. The maximum atomic E-state index is 13.7. The predicted molar refractivity (Wildman–Crippen MR) is 130 cm³/mol. The van der Waals surface area contributed by atoms with E-state index in [1.54, 1.807) is 6.08 Å². The summed E-state index contributed by atoms with van der Waals surface area (Å²) in [5.74, 6) is -1.90. The molecule has 0 saturated heterocycles. The molecule has 4 rings (SSSR count). The number of rotatable bonds is 7. The molecule has 0 aromatic rings. The summed E-state index contributed by atoms with van der Waals surface area (Å²) in [5.41, 5.74) is -3.15. The Morgan fingerprint density at radius 3 is 2.51 bits per heavy atom. The largest absolute Gasteiger partial charge is 0.455 e. The van der Waals surface area contributed by atoms with Crippen molar-refractivity contribution in [1.82, 2.24) is 0 Å². The van der Waals surface area contributed by atoms with Gasteiger partial charge in [0.25, 0.3) is 6.47 Å². The number of carbonyl (C=O) groups excluding carboxylic acids is 5. The number of hydrogen-bond donors (Lipinski definition) is 1. The zero-order valence-corrected chi connectivity index (χ0v) is 22.3. The Hall–Kier alpha value is -2.55. The lowest BCUT2D eigenvalue weighted by Gasteiger charge is -2.60. The highest BCUT2D eigenvalue weighted by Crippen LogP contribution is 2.68. The van der Waals surface area contributed by atoms with Crippen LogP contribution in [0, 0.1) is 28.6 Å². The summed E-state index contributed by atoms with van der Waals surface area (Å²) >= 11 is 0. The highest BCUT2D eigenvalue weighted by molar-refractivity contribution is 5.93. The molecule has 0 spiro atoms. The Morgan fingerprint density at radius 1 is 1.16 bits per heavy atom. The van der Waals surface area contributed by atoms with Crippen LogP contribution >= 0.6 is 0 Å². The average Bonchev–Trinajstić information content (AvgIpc) is 3.09. The lowest BCUT2D eigenvalue weighted by atomic mass is 9.45. The van der Waals surface area contributed by atoms with Gasteiger partial charge < -0.3 is 19.3 Å². The molecule has 0 heterocycles. The molecule has 1 N–H and O–H groups in total. The van der Waals surface area contributed by atoms with E-state index in [2.05, 4.69) is 6.92 Å². The van der Waals surface area contributed by atoms with E-state index in [9.17, 15) is 29.1 Å². The molecule has 3 saturated carbocycles. The maximum absolute atomic E-state index is 13.7. The van der Waals surface area contributed by atoms with Crippen molar-refractivity contribution in [3.8, 4) is 0 Å². The Labute approximate surface area is 217 Å². The van der Waals surface area contributed by atoms with Gasteiger partial charge in [-0.25, -0.2) is 4.79 Å². The second-order valence-corrected chi connectivity index (χ2v) is 12.3. The highest BCUT2D eigenvalue weighted by atomic mass is 16.6. The molecule has 3 fully saturated rings. The van der Waals surface area contributed by atoms with E-state index in [4.69, 9.17) is 14.2 Å². The SMILES string of the molecule is CC(=O)OC(C)(C)C(=O)OCC(=O)[C@@]1(OC=O)CC[C@H]2[C@@H]3CCC4=CC(=O)CC[C@]4(C)[C@H]3[C@@H](O)C[C@@]21C. The minimum absolute atomic E-state index is 0.00833. The molecule has 0 aromatic carbocycles. The van der Waals surface area contributed by atoms with E-state index in [-0.39, 0.29) is 48.3 Å². The van der Waals surface area contributed by atoms with Crippen molar-refractivity contribution < 1.29 is 43.3 Å². The lowest BCUT2D eigenvalue weighted by molar-refractivity contribution is -0.197. The van der Waals surface area contributed by atoms with Crippen LogP contribution in [-0.2, 0) is 38.2 Å². The summed E-state index contributed by atoms with van der Waals surface area (Å²) in [6, 6.07) is 0. The van der Waals surface area contributed by atoms with Gasteiger partial charge in [0.15, 0.2) is 18.0 Å². The van der Waals surface area contributed by atoms with Crippen LogP contribution in [0.4, 0.5) is 0 Å². The van der Waals surface area contributed by atoms with Crippen LogP contribution in [0.5, 0.6) is 0 Å². The van der Waals surface area contributed by atoms with Crippen LogP contribution in [0.3, 0.4) is 0 Å². The molecule has 37 heavy (non-hydrogen) atoms. The number of carbonyl (C=O) groups is 5. The fraction of sp³-hybridized carbons (Fsp3) is 0.750. The van der Waals surface area contributed by atoms with Crippen molar-refractivity contribution in [3.05, 3.63) is 11.6 Å². The van der Waals surface area contributed by atoms with Crippen molar-refractivity contribution in [2.24, 2.45) is 28.6 Å². The molecule has 4 aliphatic rings. The summed E-state index contributed by atoms with van der Waals surface area (Å²) in [6.07, 6.45) is 4.88. The van der Waals surface area contributed by atoms with Crippen molar-refractivity contribution in [2.45, 2.75) is 96.9 Å². The molecule has 4 aliphatic carbocycles. The predicted octanol–water partition coefficient (Wildman–Crippen LogP) is 2.85. The third-order valence-corrected chi connectivity index (χ3v) is 9.94. The molecular weight excluding hydrogens is 480 g/mol. The molecule has 204 valence electrons. The molecule has 7 atom stereocenters. The van der Waals surface area contributed by atoms with Crippen molar-refractivity contribution in [2.75, 3.05) is 6.61 Å². The number of Topliss-reactive ketones (excluding diaryl/α,β-unsaturated/α-hetero) is 1. The number of ketones is 2. The van der Waals surface area contributed by atoms with Gasteiger partial charge in [0.1, 0.15) is 0 Å². The standard InChI is InChI=1S/C28H38O9/c1-16(30)37-25(2,3)24(34)35-14-22(33)28(36-15-29)11-9-20-19-7-6-17-12-18(31)8-10-26(17,4)23(19)21(32)13-27(20,28)5/h12,15,19-21,23,32H,6-11,13-14H2,1-5H3/t19-,20-,21-,23+,26-,27-,28-/m0/s1. The zero-order chi connectivity index (χ0) is 27.4. The van der Waals surface area contributed by atoms with E-state index < -0.39 is 47.0 Å². The van der Waals surface area contributed by atoms with Crippen molar-refractivity contribution in [1.29, 1.82) is 0 Å². The molecule has 0 unspecified atom stereocenters. The van der Waals surface area contributed by atoms with Gasteiger partial charge in [-0.2, -0.15) is 0 Å². The monoisotopic (exact) mass is 518 g/mol. The molecular formula is C28H38O9. The third-order valence-electron chi connectivity index (χ3n) is 9.94. The molecule has 0 aromatic heterocycles. The highest BCUT2D eigenvalue weighted by Gasteiger charge is 2.70. The van der Waals surface area contributed by atoms with Crippen molar-refractivity contribution in [3.63, 3.8) is 0 Å². The summed E-state index contributed by atoms with van der Waals surface area (Å²) in [6.45, 7) is 7.58. The van der Waals surface area contributed by atoms with E-state index >= 15 is 0 Å². The Bertz CT molecular complexity index is 1040. The molecule has 0 radical (unpaired) electrons. The first-order valence-electron chi connectivity index (χ1n) is 13.2. The van der Waals surface area contributed by atoms with Crippen LogP contribution in [0.2, 0.25) is 0 Å². The van der Waals surface area contributed by atoms with Gasteiger partial charge in [-0.05, 0) is 81.6 Å².